The highest BCUT2D eigenvalue weighted by atomic mass is 32.2. The molecule has 0 saturated carbocycles. The molecule has 0 aliphatic carbocycles. The van der Waals surface area contributed by atoms with Crippen molar-refractivity contribution >= 4 is 10.0 Å². The van der Waals surface area contributed by atoms with Crippen molar-refractivity contribution in [2.24, 2.45) is 7.05 Å². The molecular formula is C9H15N3O2S. The molecule has 84 valence electrons. The van der Waals surface area contributed by atoms with Crippen LogP contribution in [0, 0.1) is 0 Å². The first-order valence-electron chi connectivity index (χ1n) is 4.93. The van der Waals surface area contributed by atoms with E-state index < -0.39 is 10.0 Å². The first kappa shape index (κ1) is 10.7. The van der Waals surface area contributed by atoms with E-state index in [2.05, 4.69) is 10.0 Å². The summed E-state index contributed by atoms with van der Waals surface area (Å²) in [6.07, 6.45) is 4.18. The van der Waals surface area contributed by atoms with Gasteiger partial charge in [-0.3, -0.25) is 0 Å². The molecule has 1 aromatic rings. The molecule has 0 radical (unpaired) electrons. The van der Waals surface area contributed by atoms with Gasteiger partial charge in [0, 0.05) is 32.0 Å². The molecule has 2 N–H and O–H groups in total. The van der Waals surface area contributed by atoms with Crippen LogP contribution in [0.1, 0.15) is 6.42 Å². The minimum absolute atomic E-state index is 0.0233. The van der Waals surface area contributed by atoms with Gasteiger partial charge in [0.1, 0.15) is 0 Å². The van der Waals surface area contributed by atoms with Crippen LogP contribution >= 0.6 is 0 Å². The number of nitrogens with zero attached hydrogens (tertiary/aromatic N) is 1. The number of hydrogen-bond donors (Lipinski definition) is 2. The first-order valence-corrected chi connectivity index (χ1v) is 6.41. The zero-order chi connectivity index (χ0) is 10.9. The topological polar surface area (TPSA) is 63.1 Å². The summed E-state index contributed by atoms with van der Waals surface area (Å²) in [5.74, 6) is 0. The largest absolute Gasteiger partial charge is 0.356 e. The van der Waals surface area contributed by atoms with E-state index >= 15 is 0 Å². The van der Waals surface area contributed by atoms with Gasteiger partial charge >= 0.3 is 0 Å². The predicted octanol–water partition coefficient (Wildman–Crippen LogP) is -0.335. The monoisotopic (exact) mass is 229 g/mol. The minimum Gasteiger partial charge on any atom is -0.356 e. The Morgan fingerprint density at radius 2 is 2.40 bits per heavy atom. The highest BCUT2D eigenvalue weighted by Gasteiger charge is 2.22. The van der Waals surface area contributed by atoms with Gasteiger partial charge in [0.15, 0.2) is 0 Å². The third kappa shape index (κ3) is 2.39. The lowest BCUT2D eigenvalue weighted by molar-refractivity contribution is 0.560. The summed E-state index contributed by atoms with van der Waals surface area (Å²) >= 11 is 0. The molecule has 1 fully saturated rings. The lowest BCUT2D eigenvalue weighted by Gasteiger charge is -2.10. The lowest BCUT2D eigenvalue weighted by atomic mass is 10.3. The maximum Gasteiger partial charge on any atom is 0.242 e. The second-order valence-corrected chi connectivity index (χ2v) is 5.54. The first-order chi connectivity index (χ1) is 7.08. The van der Waals surface area contributed by atoms with E-state index in [4.69, 9.17) is 0 Å². The SMILES string of the molecule is Cn1ccc(S(=O)(=O)N[C@H]2CCNC2)c1. The van der Waals surface area contributed by atoms with Gasteiger partial charge in [0.25, 0.3) is 0 Å². The quantitative estimate of drug-likeness (QED) is 0.745. The second kappa shape index (κ2) is 3.96. The molecule has 0 unspecified atom stereocenters. The average molecular weight is 229 g/mol. The van der Waals surface area contributed by atoms with Crippen LogP contribution in [-0.4, -0.2) is 32.1 Å². The Morgan fingerprint density at radius 3 is 2.93 bits per heavy atom. The number of aryl methyl sites for hydroxylation is 1. The van der Waals surface area contributed by atoms with Gasteiger partial charge in [0.05, 0.1) is 4.90 Å². The van der Waals surface area contributed by atoms with Crippen LogP contribution in [0.4, 0.5) is 0 Å². The van der Waals surface area contributed by atoms with Crippen molar-refractivity contribution in [3.05, 3.63) is 18.5 Å². The van der Waals surface area contributed by atoms with E-state index in [1.807, 2.05) is 0 Å². The van der Waals surface area contributed by atoms with Crippen molar-refractivity contribution in [2.45, 2.75) is 17.4 Å². The Morgan fingerprint density at radius 1 is 1.60 bits per heavy atom. The highest BCUT2D eigenvalue weighted by molar-refractivity contribution is 7.89. The maximum absolute atomic E-state index is 11.8. The van der Waals surface area contributed by atoms with Gasteiger partial charge < -0.3 is 9.88 Å². The van der Waals surface area contributed by atoms with Gasteiger partial charge in [-0.25, -0.2) is 13.1 Å². The molecule has 1 atom stereocenters. The van der Waals surface area contributed by atoms with Crippen LogP contribution in [0.3, 0.4) is 0 Å². The normalized spacial score (nSPS) is 22.1. The third-order valence-electron chi connectivity index (χ3n) is 2.50. The van der Waals surface area contributed by atoms with Crippen LogP contribution in [0.25, 0.3) is 0 Å². The van der Waals surface area contributed by atoms with Crippen molar-refractivity contribution in [3.63, 3.8) is 0 Å². The molecule has 0 amide bonds. The molecule has 1 aromatic heterocycles. The number of sulfonamides is 1. The Bertz CT molecular complexity index is 432. The van der Waals surface area contributed by atoms with Crippen LogP contribution < -0.4 is 10.0 Å². The van der Waals surface area contributed by atoms with Crippen molar-refractivity contribution < 1.29 is 8.42 Å². The molecule has 6 heteroatoms. The Labute approximate surface area is 89.5 Å². The van der Waals surface area contributed by atoms with Gasteiger partial charge in [0.2, 0.25) is 10.0 Å². The fraction of sp³-hybridized carbons (Fsp3) is 0.556. The molecule has 0 bridgehead atoms. The van der Waals surface area contributed by atoms with Crippen molar-refractivity contribution in [1.82, 2.24) is 14.6 Å². The van der Waals surface area contributed by atoms with Gasteiger partial charge in [-0.2, -0.15) is 0 Å². The molecule has 1 aliphatic rings. The molecule has 5 nitrogen and oxygen atoms in total. The van der Waals surface area contributed by atoms with Gasteiger partial charge in [-0.15, -0.1) is 0 Å². The van der Waals surface area contributed by atoms with E-state index in [0.29, 0.717) is 11.4 Å². The number of aromatic nitrogens is 1. The fourth-order valence-electron chi connectivity index (χ4n) is 1.68. The Hall–Kier alpha value is -0.850. The average Bonchev–Trinajstić information content (AvgIpc) is 2.75. The van der Waals surface area contributed by atoms with E-state index in [0.717, 1.165) is 13.0 Å². The lowest BCUT2D eigenvalue weighted by Crippen LogP contribution is -2.36. The summed E-state index contributed by atoms with van der Waals surface area (Å²) in [5.41, 5.74) is 0. The predicted molar refractivity (Wildman–Crippen MR) is 57.0 cm³/mol. The summed E-state index contributed by atoms with van der Waals surface area (Å²) in [6, 6.07) is 1.63. The van der Waals surface area contributed by atoms with Crippen molar-refractivity contribution in [1.29, 1.82) is 0 Å². The molecule has 1 aliphatic heterocycles. The molecule has 1 saturated heterocycles. The van der Waals surface area contributed by atoms with Crippen LogP contribution in [0.5, 0.6) is 0 Å². The van der Waals surface area contributed by atoms with Crippen molar-refractivity contribution in [3.8, 4) is 0 Å². The molecule has 0 spiro atoms. The molecular weight excluding hydrogens is 214 g/mol. The standard InChI is InChI=1S/C9H15N3O2S/c1-12-5-3-9(7-12)15(13,14)11-8-2-4-10-6-8/h3,5,7-8,10-11H,2,4,6H2,1H3/t8-/m0/s1. The zero-order valence-corrected chi connectivity index (χ0v) is 9.42. The number of nitrogens with one attached hydrogen (secondary N) is 2. The summed E-state index contributed by atoms with van der Waals surface area (Å²) in [7, 11) is -1.53. The fourth-order valence-corrected chi connectivity index (χ4v) is 3.00. The second-order valence-electron chi connectivity index (χ2n) is 3.82. The molecule has 0 aromatic carbocycles. The Kier molecular flexibility index (Phi) is 2.81. The van der Waals surface area contributed by atoms with Crippen LogP contribution in [0.2, 0.25) is 0 Å². The van der Waals surface area contributed by atoms with Crippen molar-refractivity contribution in [2.75, 3.05) is 13.1 Å². The molecule has 2 rings (SSSR count). The van der Waals surface area contributed by atoms with E-state index in [1.54, 1.807) is 30.1 Å². The number of hydrogen-bond acceptors (Lipinski definition) is 3. The maximum atomic E-state index is 11.8. The highest BCUT2D eigenvalue weighted by Crippen LogP contribution is 2.10. The van der Waals surface area contributed by atoms with E-state index in [-0.39, 0.29) is 6.04 Å². The van der Waals surface area contributed by atoms with Crippen LogP contribution in [0.15, 0.2) is 23.4 Å². The van der Waals surface area contributed by atoms with Gasteiger partial charge in [-0.05, 0) is 19.0 Å². The zero-order valence-electron chi connectivity index (χ0n) is 8.60. The number of rotatable bonds is 3. The van der Waals surface area contributed by atoms with Gasteiger partial charge in [-0.1, -0.05) is 0 Å². The summed E-state index contributed by atoms with van der Waals surface area (Å²) in [6.45, 7) is 1.59. The summed E-state index contributed by atoms with van der Waals surface area (Å²) in [4.78, 5) is 0.330. The molecule has 2 heterocycles. The smallest absolute Gasteiger partial charge is 0.242 e. The van der Waals surface area contributed by atoms with E-state index in [1.165, 1.54) is 0 Å². The van der Waals surface area contributed by atoms with Crippen LogP contribution in [-0.2, 0) is 17.1 Å². The third-order valence-corrected chi connectivity index (χ3v) is 4.00. The molecule has 15 heavy (non-hydrogen) atoms. The minimum atomic E-state index is -3.33. The Balaban J connectivity index is 2.12. The van der Waals surface area contributed by atoms with E-state index in [9.17, 15) is 8.42 Å². The summed E-state index contributed by atoms with van der Waals surface area (Å²) < 4.78 is 28.1. The summed E-state index contributed by atoms with van der Waals surface area (Å²) in [5, 5.41) is 3.12.